The topological polar surface area (TPSA) is 91.2 Å². The van der Waals surface area contributed by atoms with Crippen LogP contribution in [0.5, 0.6) is 5.75 Å². The smallest absolute Gasteiger partial charge is 0.223 e. The first-order chi connectivity index (χ1) is 12.7. The molecule has 1 saturated heterocycles. The Bertz CT molecular complexity index is 903. The van der Waals surface area contributed by atoms with E-state index in [0.29, 0.717) is 12.2 Å². The average molecular weight is 369 g/mol. The van der Waals surface area contributed by atoms with E-state index >= 15 is 0 Å². The standard InChI is InChI=1S/C18H19N5O2S/c24-14-3-1-12(2-4-14)11-20-18(25)13-6-9-23(10-7-13)15-5-8-19-17-16(15)21-26-22-17/h1-5,8,13,24H,6-7,9-11H2,(H,20,25). The van der Waals surface area contributed by atoms with Crippen molar-refractivity contribution >= 4 is 34.5 Å². The molecule has 0 saturated carbocycles. The molecule has 1 aliphatic rings. The summed E-state index contributed by atoms with van der Waals surface area (Å²) in [6.45, 7) is 2.11. The van der Waals surface area contributed by atoms with Gasteiger partial charge in [-0.15, -0.1) is 0 Å². The summed E-state index contributed by atoms with van der Waals surface area (Å²) in [5.41, 5.74) is 3.55. The molecule has 0 radical (unpaired) electrons. The average Bonchev–Trinajstić information content (AvgIpc) is 3.16. The predicted octanol–water partition coefficient (Wildman–Crippen LogP) is 2.32. The highest BCUT2D eigenvalue weighted by atomic mass is 32.1. The van der Waals surface area contributed by atoms with Crippen LogP contribution in [-0.4, -0.2) is 37.8 Å². The Morgan fingerprint density at radius 3 is 2.73 bits per heavy atom. The van der Waals surface area contributed by atoms with Gasteiger partial charge in [0.15, 0.2) is 5.65 Å². The Balaban J connectivity index is 1.33. The number of fused-ring (bicyclic) bond motifs is 1. The van der Waals surface area contributed by atoms with Crippen LogP contribution in [0, 0.1) is 5.92 Å². The van der Waals surface area contributed by atoms with Crippen LogP contribution in [0.15, 0.2) is 36.5 Å². The Hall–Kier alpha value is -2.74. The number of benzene rings is 1. The number of aromatic nitrogens is 3. The van der Waals surface area contributed by atoms with Gasteiger partial charge in [-0.2, -0.15) is 8.75 Å². The monoisotopic (exact) mass is 369 g/mol. The highest BCUT2D eigenvalue weighted by molar-refractivity contribution is 7.00. The van der Waals surface area contributed by atoms with Gasteiger partial charge >= 0.3 is 0 Å². The Morgan fingerprint density at radius 2 is 1.96 bits per heavy atom. The Labute approximate surface area is 155 Å². The lowest BCUT2D eigenvalue weighted by Gasteiger charge is -2.32. The van der Waals surface area contributed by atoms with Gasteiger partial charge in [0.05, 0.1) is 17.4 Å². The first-order valence-electron chi connectivity index (χ1n) is 8.58. The summed E-state index contributed by atoms with van der Waals surface area (Å²) in [5.74, 6) is 0.343. The number of amides is 1. The molecule has 7 nitrogen and oxygen atoms in total. The number of pyridine rings is 1. The van der Waals surface area contributed by atoms with Gasteiger partial charge in [-0.25, -0.2) is 4.98 Å². The maximum atomic E-state index is 12.4. The second-order valence-corrected chi connectivity index (χ2v) is 6.94. The van der Waals surface area contributed by atoms with Crippen molar-refractivity contribution in [2.75, 3.05) is 18.0 Å². The van der Waals surface area contributed by atoms with Gasteiger partial charge in [0.2, 0.25) is 5.91 Å². The molecule has 2 aromatic heterocycles. The molecule has 1 fully saturated rings. The number of hydrogen-bond acceptors (Lipinski definition) is 7. The van der Waals surface area contributed by atoms with Crippen molar-refractivity contribution in [1.82, 2.24) is 19.0 Å². The van der Waals surface area contributed by atoms with Crippen molar-refractivity contribution in [2.24, 2.45) is 5.92 Å². The number of hydrogen-bond donors (Lipinski definition) is 2. The molecule has 1 aliphatic heterocycles. The van der Waals surface area contributed by atoms with Crippen LogP contribution in [0.25, 0.3) is 11.2 Å². The molecule has 0 spiro atoms. The quantitative estimate of drug-likeness (QED) is 0.733. The zero-order valence-electron chi connectivity index (χ0n) is 14.1. The SMILES string of the molecule is O=C(NCc1ccc(O)cc1)C1CCN(c2ccnc3nsnc23)CC1. The molecule has 134 valence electrons. The molecule has 26 heavy (non-hydrogen) atoms. The third-order valence-electron chi connectivity index (χ3n) is 4.75. The molecular formula is C18H19N5O2S. The molecule has 3 aromatic rings. The summed E-state index contributed by atoms with van der Waals surface area (Å²) < 4.78 is 8.54. The van der Waals surface area contributed by atoms with Gasteiger partial charge in [0.1, 0.15) is 11.3 Å². The molecule has 3 heterocycles. The minimum Gasteiger partial charge on any atom is -0.508 e. The molecular weight excluding hydrogens is 350 g/mol. The Morgan fingerprint density at radius 1 is 1.19 bits per heavy atom. The second kappa shape index (κ2) is 7.25. The molecule has 2 N–H and O–H groups in total. The lowest BCUT2D eigenvalue weighted by molar-refractivity contribution is -0.125. The van der Waals surface area contributed by atoms with Crippen molar-refractivity contribution in [3.8, 4) is 5.75 Å². The van der Waals surface area contributed by atoms with E-state index in [-0.39, 0.29) is 17.6 Å². The number of nitrogens with one attached hydrogen (secondary N) is 1. The second-order valence-electron chi connectivity index (χ2n) is 6.41. The van der Waals surface area contributed by atoms with Crippen molar-refractivity contribution in [1.29, 1.82) is 0 Å². The summed E-state index contributed by atoms with van der Waals surface area (Å²) in [4.78, 5) is 18.9. The molecule has 4 rings (SSSR count). The van der Waals surface area contributed by atoms with Gasteiger partial charge in [0, 0.05) is 31.7 Å². The zero-order chi connectivity index (χ0) is 17.9. The normalized spacial score (nSPS) is 15.3. The van der Waals surface area contributed by atoms with Gasteiger partial charge in [-0.05, 0) is 36.6 Å². The van der Waals surface area contributed by atoms with Crippen LogP contribution in [0.3, 0.4) is 0 Å². The van der Waals surface area contributed by atoms with E-state index in [1.807, 2.05) is 18.2 Å². The molecule has 8 heteroatoms. The summed E-state index contributed by atoms with van der Waals surface area (Å²) >= 11 is 1.17. The summed E-state index contributed by atoms with van der Waals surface area (Å²) in [6, 6.07) is 8.85. The number of piperidine rings is 1. The van der Waals surface area contributed by atoms with Gasteiger partial charge in [-0.1, -0.05) is 12.1 Å². The number of phenolic OH excluding ortho intramolecular Hbond substituents is 1. The van der Waals surface area contributed by atoms with Crippen molar-refractivity contribution in [3.05, 3.63) is 42.1 Å². The van der Waals surface area contributed by atoms with Crippen LogP contribution in [0.4, 0.5) is 5.69 Å². The van der Waals surface area contributed by atoms with Gasteiger partial charge in [0.25, 0.3) is 0 Å². The summed E-state index contributed by atoms with van der Waals surface area (Å²) in [7, 11) is 0. The fourth-order valence-electron chi connectivity index (χ4n) is 3.27. The predicted molar refractivity (Wildman–Crippen MR) is 100 cm³/mol. The number of phenols is 1. The first-order valence-corrected chi connectivity index (χ1v) is 9.31. The number of anilines is 1. The van der Waals surface area contributed by atoms with E-state index in [4.69, 9.17) is 0 Å². The maximum absolute atomic E-state index is 12.4. The highest BCUT2D eigenvalue weighted by Crippen LogP contribution is 2.28. The Kier molecular flexibility index (Phi) is 4.66. The maximum Gasteiger partial charge on any atom is 0.223 e. The molecule has 0 unspecified atom stereocenters. The third kappa shape index (κ3) is 3.45. The number of rotatable bonds is 4. The molecule has 1 amide bonds. The minimum atomic E-state index is 0.0225. The van der Waals surface area contributed by atoms with E-state index in [9.17, 15) is 9.90 Å². The molecule has 0 bridgehead atoms. The minimum absolute atomic E-state index is 0.0225. The molecule has 0 aliphatic carbocycles. The van der Waals surface area contributed by atoms with Crippen LogP contribution < -0.4 is 10.2 Å². The zero-order valence-corrected chi connectivity index (χ0v) is 14.9. The van der Waals surface area contributed by atoms with Crippen LogP contribution >= 0.6 is 11.7 Å². The van der Waals surface area contributed by atoms with Gasteiger partial charge < -0.3 is 15.3 Å². The number of carbonyl (C=O) groups is 1. The fraction of sp³-hybridized carbons (Fsp3) is 0.333. The van der Waals surface area contributed by atoms with E-state index in [1.165, 1.54) is 11.7 Å². The molecule has 1 aromatic carbocycles. The van der Waals surface area contributed by atoms with E-state index in [2.05, 4.69) is 23.9 Å². The number of aromatic hydroxyl groups is 1. The third-order valence-corrected chi connectivity index (χ3v) is 5.27. The summed E-state index contributed by atoms with van der Waals surface area (Å²) in [6.07, 6.45) is 3.38. The van der Waals surface area contributed by atoms with E-state index in [1.54, 1.807) is 18.3 Å². The van der Waals surface area contributed by atoms with Crippen LogP contribution in [-0.2, 0) is 11.3 Å². The largest absolute Gasteiger partial charge is 0.508 e. The first kappa shape index (κ1) is 16.7. The van der Waals surface area contributed by atoms with Crippen molar-refractivity contribution in [2.45, 2.75) is 19.4 Å². The van der Waals surface area contributed by atoms with Gasteiger partial charge in [-0.3, -0.25) is 4.79 Å². The van der Waals surface area contributed by atoms with Crippen molar-refractivity contribution in [3.63, 3.8) is 0 Å². The fourth-order valence-corrected chi connectivity index (χ4v) is 3.78. The van der Waals surface area contributed by atoms with Crippen LogP contribution in [0.2, 0.25) is 0 Å². The van der Waals surface area contributed by atoms with E-state index in [0.717, 1.165) is 42.7 Å². The molecule has 0 atom stereocenters. The van der Waals surface area contributed by atoms with Crippen LogP contribution in [0.1, 0.15) is 18.4 Å². The number of nitrogens with zero attached hydrogens (tertiary/aromatic N) is 4. The lowest BCUT2D eigenvalue weighted by atomic mass is 9.95. The summed E-state index contributed by atoms with van der Waals surface area (Å²) in [5, 5.41) is 12.3. The number of carbonyl (C=O) groups excluding carboxylic acids is 1. The van der Waals surface area contributed by atoms with Crippen molar-refractivity contribution < 1.29 is 9.90 Å². The van der Waals surface area contributed by atoms with E-state index < -0.39 is 0 Å². The lowest BCUT2D eigenvalue weighted by Crippen LogP contribution is -2.40. The highest BCUT2D eigenvalue weighted by Gasteiger charge is 2.26.